The van der Waals surface area contributed by atoms with Gasteiger partial charge >= 0.3 is 0 Å². The van der Waals surface area contributed by atoms with E-state index in [1.54, 1.807) is 49.5 Å². The number of carbonyl (C=O) groups excluding carboxylic acids is 1. The molecule has 1 aliphatic rings. The molecule has 1 aromatic heterocycles. The van der Waals surface area contributed by atoms with E-state index >= 15 is 0 Å². The Kier molecular flexibility index (Phi) is 9.73. The first-order valence-corrected chi connectivity index (χ1v) is 15.3. The molecule has 1 aliphatic heterocycles. The Morgan fingerprint density at radius 2 is 1.90 bits per heavy atom. The summed E-state index contributed by atoms with van der Waals surface area (Å²) < 4.78 is 33.4. The summed E-state index contributed by atoms with van der Waals surface area (Å²) in [5.41, 5.74) is 1.86. The molecule has 4 rings (SSSR count). The highest BCUT2D eigenvalue weighted by atomic mass is 35.5. The molecule has 0 atom stereocenters. The van der Waals surface area contributed by atoms with Crippen LogP contribution in [0.2, 0.25) is 5.02 Å². The summed E-state index contributed by atoms with van der Waals surface area (Å²) >= 11 is 8.21. The lowest BCUT2D eigenvalue weighted by atomic mass is 10.1. The second-order valence-corrected chi connectivity index (χ2v) is 12.0. The lowest BCUT2D eigenvalue weighted by Gasteiger charge is -2.25. The Balaban J connectivity index is 1.46. The Morgan fingerprint density at radius 3 is 2.64 bits per heavy atom. The van der Waals surface area contributed by atoms with Gasteiger partial charge in [-0.05, 0) is 24.3 Å². The predicted molar refractivity (Wildman–Crippen MR) is 158 cm³/mol. The summed E-state index contributed by atoms with van der Waals surface area (Å²) in [6, 6.07) is 11.9. The van der Waals surface area contributed by atoms with Crippen molar-refractivity contribution in [3.63, 3.8) is 0 Å². The Hall–Kier alpha value is -3.26. The molecule has 14 heteroatoms. The molecule has 0 aliphatic carbocycles. The standard InChI is InChI=1S/C25H30ClN7O4S2/c1-27-24(34)18-5-3-4-6-20(18)29-23-19(26)16-28-25(31-23)30-21-8-7-17(15-22(21)37-2)32-39(35,36)14-11-33-9-12-38-13-10-33/h3-8,15-16,32H,9-14H2,1-2H3,(H,27,34)(H2,28,29,30,31). The zero-order valence-corrected chi connectivity index (χ0v) is 23.9. The molecule has 2 aromatic carbocycles. The summed E-state index contributed by atoms with van der Waals surface area (Å²) in [4.78, 5) is 23.1. The van der Waals surface area contributed by atoms with Crippen molar-refractivity contribution in [3.05, 3.63) is 59.2 Å². The molecule has 4 N–H and O–H groups in total. The first-order valence-electron chi connectivity index (χ1n) is 12.1. The number of para-hydroxylation sites is 1. The van der Waals surface area contributed by atoms with Gasteiger partial charge in [0.2, 0.25) is 16.0 Å². The van der Waals surface area contributed by atoms with Crippen molar-refractivity contribution in [1.82, 2.24) is 20.2 Å². The van der Waals surface area contributed by atoms with E-state index in [4.69, 9.17) is 16.3 Å². The van der Waals surface area contributed by atoms with Gasteiger partial charge in [-0.3, -0.25) is 9.52 Å². The summed E-state index contributed by atoms with van der Waals surface area (Å²) in [7, 11) is -0.495. The van der Waals surface area contributed by atoms with E-state index in [1.165, 1.54) is 13.3 Å². The highest BCUT2D eigenvalue weighted by Crippen LogP contribution is 2.32. The second-order valence-electron chi connectivity index (χ2n) is 8.55. The van der Waals surface area contributed by atoms with Crippen molar-refractivity contribution in [2.24, 2.45) is 0 Å². The first-order chi connectivity index (χ1) is 18.8. The van der Waals surface area contributed by atoms with Gasteiger partial charge < -0.3 is 25.6 Å². The van der Waals surface area contributed by atoms with Gasteiger partial charge in [0.1, 0.15) is 10.8 Å². The number of nitrogens with one attached hydrogen (secondary N) is 4. The van der Waals surface area contributed by atoms with Crippen molar-refractivity contribution in [2.75, 3.05) is 66.4 Å². The number of amides is 1. The molecule has 3 aromatic rings. The quantitative estimate of drug-likeness (QED) is 0.261. The van der Waals surface area contributed by atoms with Crippen LogP contribution in [0.25, 0.3) is 0 Å². The Labute approximate surface area is 237 Å². The van der Waals surface area contributed by atoms with Gasteiger partial charge in [0.15, 0.2) is 5.82 Å². The maximum Gasteiger partial charge on any atom is 0.253 e. The molecular formula is C25H30ClN7O4S2. The third-order valence-corrected chi connectivity index (χ3v) is 8.38. The van der Waals surface area contributed by atoms with Gasteiger partial charge in [-0.15, -0.1) is 0 Å². The van der Waals surface area contributed by atoms with Gasteiger partial charge in [-0.25, -0.2) is 13.4 Å². The van der Waals surface area contributed by atoms with E-state index in [9.17, 15) is 13.2 Å². The van der Waals surface area contributed by atoms with E-state index in [1.807, 2.05) is 11.8 Å². The second kappa shape index (κ2) is 13.2. The number of hydrogen-bond donors (Lipinski definition) is 4. The topological polar surface area (TPSA) is 138 Å². The van der Waals surface area contributed by atoms with E-state index in [0.29, 0.717) is 40.7 Å². The fraction of sp³-hybridized carbons (Fsp3) is 0.320. The average Bonchev–Trinajstić information content (AvgIpc) is 2.95. The fourth-order valence-corrected chi connectivity index (χ4v) is 6.05. The molecule has 1 saturated heterocycles. The summed E-state index contributed by atoms with van der Waals surface area (Å²) in [5.74, 6) is 2.70. The number of methoxy groups -OCH3 is 1. The monoisotopic (exact) mass is 591 g/mol. The number of halogens is 1. The lowest BCUT2D eigenvalue weighted by molar-refractivity contribution is 0.0964. The number of thioether (sulfide) groups is 1. The molecular weight excluding hydrogens is 562 g/mol. The minimum absolute atomic E-state index is 0.0113. The van der Waals surface area contributed by atoms with E-state index in [-0.39, 0.29) is 22.6 Å². The SMILES string of the molecule is CNC(=O)c1ccccc1Nc1nc(Nc2ccc(NS(=O)(=O)CCN3CCSCC3)cc2OC)ncc1Cl. The average molecular weight is 592 g/mol. The van der Waals surface area contributed by atoms with Crippen LogP contribution in [0, 0.1) is 0 Å². The fourth-order valence-electron chi connectivity index (χ4n) is 3.85. The van der Waals surface area contributed by atoms with Crippen LogP contribution in [0.4, 0.5) is 28.8 Å². The number of aromatic nitrogens is 2. The van der Waals surface area contributed by atoms with Crippen LogP contribution in [0.3, 0.4) is 0 Å². The zero-order chi connectivity index (χ0) is 27.8. The molecule has 1 amide bonds. The molecule has 0 bridgehead atoms. The minimum Gasteiger partial charge on any atom is -0.494 e. The number of sulfonamides is 1. The van der Waals surface area contributed by atoms with Gasteiger partial charge in [0, 0.05) is 44.3 Å². The molecule has 208 valence electrons. The Bertz CT molecular complexity index is 1420. The van der Waals surface area contributed by atoms with Crippen LogP contribution in [0.15, 0.2) is 48.7 Å². The van der Waals surface area contributed by atoms with Crippen LogP contribution >= 0.6 is 23.4 Å². The maximum atomic E-state index is 12.7. The van der Waals surface area contributed by atoms with Gasteiger partial charge in [0.25, 0.3) is 5.91 Å². The minimum atomic E-state index is -3.53. The van der Waals surface area contributed by atoms with E-state index < -0.39 is 10.0 Å². The van der Waals surface area contributed by atoms with Gasteiger partial charge in [-0.1, -0.05) is 23.7 Å². The molecule has 2 heterocycles. The van der Waals surface area contributed by atoms with Crippen LogP contribution < -0.4 is 25.4 Å². The number of ether oxygens (including phenoxy) is 1. The summed E-state index contributed by atoms with van der Waals surface area (Å²) in [6.45, 7) is 2.29. The molecule has 0 radical (unpaired) electrons. The third-order valence-electron chi connectivity index (χ3n) is 5.90. The van der Waals surface area contributed by atoms with Crippen LogP contribution in [-0.4, -0.2) is 80.2 Å². The summed E-state index contributed by atoms with van der Waals surface area (Å²) in [6.07, 6.45) is 1.43. The van der Waals surface area contributed by atoms with Gasteiger partial charge in [-0.2, -0.15) is 16.7 Å². The van der Waals surface area contributed by atoms with Crippen LogP contribution in [-0.2, 0) is 10.0 Å². The smallest absolute Gasteiger partial charge is 0.253 e. The molecule has 39 heavy (non-hydrogen) atoms. The molecule has 11 nitrogen and oxygen atoms in total. The zero-order valence-electron chi connectivity index (χ0n) is 21.5. The van der Waals surface area contributed by atoms with Crippen molar-refractivity contribution in [1.29, 1.82) is 0 Å². The summed E-state index contributed by atoms with van der Waals surface area (Å²) in [5, 5.41) is 9.02. The largest absolute Gasteiger partial charge is 0.494 e. The number of anilines is 5. The number of benzene rings is 2. The maximum absolute atomic E-state index is 12.7. The van der Waals surface area contributed by atoms with Crippen LogP contribution in [0.1, 0.15) is 10.4 Å². The number of carbonyl (C=O) groups is 1. The molecule has 1 fully saturated rings. The van der Waals surface area contributed by atoms with Crippen molar-refractivity contribution >= 4 is 68.1 Å². The highest BCUT2D eigenvalue weighted by molar-refractivity contribution is 7.99. The predicted octanol–water partition coefficient (Wildman–Crippen LogP) is 3.78. The number of nitrogens with zero attached hydrogens (tertiary/aromatic N) is 3. The normalized spacial score (nSPS) is 13.9. The molecule has 0 saturated carbocycles. The Morgan fingerprint density at radius 1 is 1.13 bits per heavy atom. The van der Waals surface area contributed by atoms with Crippen molar-refractivity contribution in [2.45, 2.75) is 0 Å². The van der Waals surface area contributed by atoms with Crippen LogP contribution in [0.5, 0.6) is 5.75 Å². The first kappa shape index (κ1) is 28.7. The van der Waals surface area contributed by atoms with Gasteiger partial charge in [0.05, 0.1) is 41.7 Å². The van der Waals surface area contributed by atoms with E-state index in [0.717, 1.165) is 24.6 Å². The van der Waals surface area contributed by atoms with Crippen molar-refractivity contribution in [3.8, 4) is 5.75 Å². The molecule has 0 unspecified atom stereocenters. The highest BCUT2D eigenvalue weighted by Gasteiger charge is 2.18. The lowest BCUT2D eigenvalue weighted by Crippen LogP contribution is -2.37. The number of hydrogen-bond acceptors (Lipinski definition) is 10. The van der Waals surface area contributed by atoms with Crippen molar-refractivity contribution < 1.29 is 17.9 Å². The molecule has 0 spiro atoms. The number of rotatable bonds is 11. The third kappa shape index (κ3) is 7.88. The van der Waals surface area contributed by atoms with E-state index in [2.05, 4.69) is 35.5 Å².